The maximum Gasteiger partial charge on any atom is 0.0869 e. The minimum absolute atomic E-state index is 0.0616. The van der Waals surface area contributed by atoms with Gasteiger partial charge >= 0.3 is 0 Å². The third kappa shape index (κ3) is 4.46. The monoisotopic (exact) mass is 274 g/mol. The Morgan fingerprint density at radius 2 is 1.90 bits per heavy atom. The fourth-order valence-corrected chi connectivity index (χ4v) is 3.10. The maximum atomic E-state index is 10.3. The van der Waals surface area contributed by atoms with E-state index in [0.29, 0.717) is 18.9 Å². The first-order valence-electron chi connectivity index (χ1n) is 7.75. The molecule has 0 aromatic heterocycles. The van der Waals surface area contributed by atoms with E-state index in [1.54, 1.807) is 6.08 Å². The van der Waals surface area contributed by atoms with E-state index in [1.165, 1.54) is 37.7 Å². The predicted molar refractivity (Wildman–Crippen MR) is 82.4 cm³/mol. The highest BCUT2D eigenvalue weighted by Gasteiger charge is 2.29. The predicted octanol–water partition coefficient (Wildman–Crippen LogP) is 4.09. The molecule has 0 spiro atoms. The molecular formula is C18H26O2. The molecule has 0 amide bonds. The van der Waals surface area contributed by atoms with Crippen molar-refractivity contribution in [1.29, 1.82) is 0 Å². The van der Waals surface area contributed by atoms with Gasteiger partial charge in [0.1, 0.15) is 0 Å². The Labute approximate surface area is 122 Å². The van der Waals surface area contributed by atoms with Gasteiger partial charge in [-0.2, -0.15) is 0 Å². The van der Waals surface area contributed by atoms with Crippen LogP contribution in [0.3, 0.4) is 0 Å². The maximum absolute atomic E-state index is 10.3. The molecule has 0 unspecified atom stereocenters. The second-order valence-electron chi connectivity index (χ2n) is 5.75. The summed E-state index contributed by atoms with van der Waals surface area (Å²) in [6.45, 7) is 4.31. The minimum Gasteiger partial charge on any atom is -0.390 e. The number of benzene rings is 1. The van der Waals surface area contributed by atoms with Crippen molar-refractivity contribution < 1.29 is 9.84 Å². The smallest absolute Gasteiger partial charge is 0.0869 e. The molecule has 0 saturated heterocycles. The summed E-state index contributed by atoms with van der Waals surface area (Å²) < 4.78 is 6.08. The van der Waals surface area contributed by atoms with Gasteiger partial charge in [-0.05, 0) is 30.7 Å². The van der Waals surface area contributed by atoms with Crippen LogP contribution in [-0.2, 0) is 11.3 Å². The topological polar surface area (TPSA) is 29.5 Å². The van der Waals surface area contributed by atoms with E-state index in [0.717, 1.165) is 0 Å². The Bertz CT molecular complexity index is 382. The van der Waals surface area contributed by atoms with Crippen LogP contribution in [0.5, 0.6) is 0 Å². The summed E-state index contributed by atoms with van der Waals surface area (Å²) in [4.78, 5) is 0. The van der Waals surface area contributed by atoms with E-state index in [4.69, 9.17) is 4.74 Å². The lowest BCUT2D eigenvalue weighted by Crippen LogP contribution is -2.37. The van der Waals surface area contributed by atoms with Crippen molar-refractivity contribution >= 4 is 0 Å². The lowest BCUT2D eigenvalue weighted by Gasteiger charge is -2.33. The molecule has 20 heavy (non-hydrogen) atoms. The second kappa shape index (κ2) is 8.23. The number of ether oxygens (including phenoxy) is 1. The molecule has 1 fully saturated rings. The van der Waals surface area contributed by atoms with E-state index in [2.05, 4.69) is 18.7 Å². The van der Waals surface area contributed by atoms with Gasteiger partial charge in [-0.25, -0.2) is 0 Å². The van der Waals surface area contributed by atoms with Crippen LogP contribution in [0, 0.1) is 5.92 Å². The van der Waals surface area contributed by atoms with Crippen LogP contribution in [0.4, 0.5) is 0 Å². The molecular weight excluding hydrogens is 248 g/mol. The van der Waals surface area contributed by atoms with E-state index in [1.807, 2.05) is 18.2 Å². The molecule has 2 nitrogen and oxygen atoms in total. The molecule has 2 heteroatoms. The lowest BCUT2D eigenvalue weighted by atomic mass is 9.82. The molecule has 0 heterocycles. The molecule has 110 valence electrons. The zero-order chi connectivity index (χ0) is 14.2. The van der Waals surface area contributed by atoms with Crippen LogP contribution in [-0.4, -0.2) is 17.3 Å². The molecule has 0 bridgehead atoms. The molecule has 1 aromatic carbocycles. The molecule has 0 radical (unpaired) electrons. The molecule has 1 saturated carbocycles. The second-order valence-corrected chi connectivity index (χ2v) is 5.75. The van der Waals surface area contributed by atoms with Crippen LogP contribution in [0.1, 0.15) is 44.1 Å². The van der Waals surface area contributed by atoms with Gasteiger partial charge in [-0.3, -0.25) is 0 Å². The Morgan fingerprint density at radius 3 is 2.55 bits per heavy atom. The standard InChI is InChI=1S/C18H26O2/c1-2-9-17(19)18(16-12-7-4-8-13-16)20-14-15-10-5-3-6-11-15/h2-3,5-6,10-11,16-19H,1,4,7-9,12-14H2/t17-,18+/m1/s1. The summed E-state index contributed by atoms with van der Waals surface area (Å²) in [5, 5.41) is 10.3. The summed E-state index contributed by atoms with van der Waals surface area (Å²) in [5.41, 5.74) is 1.17. The summed E-state index contributed by atoms with van der Waals surface area (Å²) >= 11 is 0. The van der Waals surface area contributed by atoms with Crippen molar-refractivity contribution in [2.75, 3.05) is 0 Å². The zero-order valence-electron chi connectivity index (χ0n) is 12.2. The van der Waals surface area contributed by atoms with Crippen LogP contribution < -0.4 is 0 Å². The summed E-state index contributed by atoms with van der Waals surface area (Å²) in [7, 11) is 0. The van der Waals surface area contributed by atoms with Gasteiger partial charge in [0.15, 0.2) is 0 Å². The van der Waals surface area contributed by atoms with Crippen LogP contribution >= 0.6 is 0 Å². The lowest BCUT2D eigenvalue weighted by molar-refractivity contribution is -0.0824. The van der Waals surface area contributed by atoms with Crippen LogP contribution in [0.25, 0.3) is 0 Å². The number of hydrogen-bond acceptors (Lipinski definition) is 2. The van der Waals surface area contributed by atoms with Gasteiger partial charge in [0.2, 0.25) is 0 Å². The Hall–Kier alpha value is -1.12. The Morgan fingerprint density at radius 1 is 1.20 bits per heavy atom. The highest BCUT2D eigenvalue weighted by atomic mass is 16.5. The summed E-state index contributed by atoms with van der Waals surface area (Å²) in [6, 6.07) is 10.2. The van der Waals surface area contributed by atoms with Crippen LogP contribution in [0.2, 0.25) is 0 Å². The highest BCUT2D eigenvalue weighted by molar-refractivity contribution is 5.13. The third-order valence-electron chi connectivity index (χ3n) is 4.19. The van der Waals surface area contributed by atoms with E-state index in [-0.39, 0.29) is 6.10 Å². The van der Waals surface area contributed by atoms with Gasteiger partial charge < -0.3 is 9.84 Å². The first-order valence-corrected chi connectivity index (χ1v) is 7.75. The Balaban J connectivity index is 1.96. The van der Waals surface area contributed by atoms with Gasteiger partial charge in [-0.1, -0.05) is 55.7 Å². The fraction of sp³-hybridized carbons (Fsp3) is 0.556. The minimum atomic E-state index is -0.431. The highest BCUT2D eigenvalue weighted by Crippen LogP contribution is 2.30. The van der Waals surface area contributed by atoms with Crippen molar-refractivity contribution in [2.45, 2.75) is 57.3 Å². The molecule has 1 aliphatic rings. The van der Waals surface area contributed by atoms with Crippen molar-refractivity contribution in [2.24, 2.45) is 5.92 Å². The van der Waals surface area contributed by atoms with E-state index in [9.17, 15) is 5.11 Å². The van der Waals surface area contributed by atoms with Gasteiger partial charge in [0.05, 0.1) is 18.8 Å². The number of rotatable bonds is 7. The van der Waals surface area contributed by atoms with Gasteiger partial charge in [0, 0.05) is 0 Å². The van der Waals surface area contributed by atoms with Crippen molar-refractivity contribution in [1.82, 2.24) is 0 Å². The summed E-state index contributed by atoms with van der Waals surface area (Å²) in [5.74, 6) is 0.488. The van der Waals surface area contributed by atoms with Crippen molar-refractivity contribution in [3.05, 3.63) is 48.6 Å². The van der Waals surface area contributed by atoms with Gasteiger partial charge in [0.25, 0.3) is 0 Å². The summed E-state index contributed by atoms with van der Waals surface area (Å²) in [6.07, 6.45) is 8.09. The zero-order valence-corrected chi connectivity index (χ0v) is 12.2. The van der Waals surface area contributed by atoms with Gasteiger partial charge in [-0.15, -0.1) is 6.58 Å². The SMILES string of the molecule is C=CC[C@@H](O)[C@@H](OCc1ccccc1)C1CCCCC1. The normalized spacial score (nSPS) is 19.4. The van der Waals surface area contributed by atoms with E-state index < -0.39 is 6.10 Å². The Kier molecular flexibility index (Phi) is 6.28. The molecule has 2 rings (SSSR count). The first-order chi connectivity index (χ1) is 9.81. The average molecular weight is 274 g/mol. The third-order valence-corrected chi connectivity index (χ3v) is 4.19. The molecule has 2 atom stereocenters. The molecule has 1 aromatic rings. The molecule has 1 aliphatic carbocycles. The fourth-order valence-electron chi connectivity index (χ4n) is 3.10. The van der Waals surface area contributed by atoms with E-state index >= 15 is 0 Å². The molecule has 1 N–H and O–H groups in total. The van der Waals surface area contributed by atoms with Crippen LogP contribution in [0.15, 0.2) is 43.0 Å². The number of aliphatic hydroxyl groups is 1. The number of aliphatic hydroxyl groups excluding tert-OH is 1. The average Bonchev–Trinajstić information content (AvgIpc) is 2.50. The van der Waals surface area contributed by atoms with Crippen molar-refractivity contribution in [3.8, 4) is 0 Å². The first kappa shape index (κ1) is 15.3. The quantitative estimate of drug-likeness (QED) is 0.759. The molecule has 0 aliphatic heterocycles. The largest absolute Gasteiger partial charge is 0.390 e. The van der Waals surface area contributed by atoms with Crippen molar-refractivity contribution in [3.63, 3.8) is 0 Å². The number of hydrogen-bond donors (Lipinski definition) is 1.